The molecular formula is C29H28O6. The Morgan fingerprint density at radius 1 is 0.714 bits per heavy atom. The number of hydrogen-bond donors (Lipinski definition) is 1. The maximum atomic E-state index is 13.8. The minimum Gasteiger partial charge on any atom is -0.496 e. The summed E-state index contributed by atoms with van der Waals surface area (Å²) in [6, 6.07) is 22.7. The van der Waals surface area contributed by atoms with Crippen molar-refractivity contribution >= 4 is 11.9 Å². The van der Waals surface area contributed by atoms with Gasteiger partial charge in [-0.3, -0.25) is 9.59 Å². The average Bonchev–Trinajstić information content (AvgIpc) is 3.26. The van der Waals surface area contributed by atoms with Crippen LogP contribution in [0.5, 0.6) is 11.5 Å². The van der Waals surface area contributed by atoms with Gasteiger partial charge in [-0.25, -0.2) is 0 Å². The Labute approximate surface area is 204 Å². The third-order valence-corrected chi connectivity index (χ3v) is 7.40. The summed E-state index contributed by atoms with van der Waals surface area (Å²) in [5.41, 5.74) is 3.77. The first-order chi connectivity index (χ1) is 17.0. The normalized spacial score (nSPS) is 23.1. The molecule has 35 heavy (non-hydrogen) atoms. The quantitative estimate of drug-likeness (QED) is 0.506. The van der Waals surface area contributed by atoms with Gasteiger partial charge in [0.1, 0.15) is 17.6 Å². The van der Waals surface area contributed by atoms with Crippen molar-refractivity contribution in [3.05, 3.63) is 95.1 Å². The second kappa shape index (κ2) is 9.45. The summed E-state index contributed by atoms with van der Waals surface area (Å²) in [5, 5.41) is 10.3. The van der Waals surface area contributed by atoms with Crippen LogP contribution in [0.15, 0.2) is 72.8 Å². The molecule has 1 N–H and O–H groups in total. The van der Waals surface area contributed by atoms with Gasteiger partial charge in [-0.1, -0.05) is 60.7 Å². The van der Waals surface area contributed by atoms with Crippen LogP contribution in [0.25, 0.3) is 0 Å². The van der Waals surface area contributed by atoms with Crippen LogP contribution in [0.2, 0.25) is 0 Å². The number of carboxylic acid groups (broad SMARTS) is 1. The van der Waals surface area contributed by atoms with Gasteiger partial charge in [0.15, 0.2) is 0 Å². The predicted octanol–water partition coefficient (Wildman–Crippen LogP) is 4.61. The van der Waals surface area contributed by atoms with Crippen molar-refractivity contribution in [2.24, 2.45) is 11.8 Å². The standard InChI is InChI=1S/C29H28O6/c1-33-22-13-7-5-11-20(22)24-26(28(30)31)25(21-12-6-8-14-23(21)34-2)27(24)29(32)35-19-15-17-9-3-4-10-18(17)16-19/h3-14,19,24-27H,15-16H2,1-2H3,(H,30,31)/t24-,25?,26?,27?/m0/s1. The fraction of sp³-hybridized carbons (Fsp3) is 0.310. The highest BCUT2D eigenvalue weighted by Crippen LogP contribution is 2.60. The summed E-state index contributed by atoms with van der Waals surface area (Å²) >= 11 is 0. The first-order valence-corrected chi connectivity index (χ1v) is 11.8. The second-order valence-electron chi connectivity index (χ2n) is 9.16. The van der Waals surface area contributed by atoms with Gasteiger partial charge in [0.2, 0.25) is 0 Å². The van der Waals surface area contributed by atoms with E-state index in [1.54, 1.807) is 26.4 Å². The lowest BCUT2D eigenvalue weighted by molar-refractivity contribution is -0.167. The van der Waals surface area contributed by atoms with Gasteiger partial charge in [0.05, 0.1) is 26.1 Å². The zero-order valence-electron chi connectivity index (χ0n) is 19.7. The third-order valence-electron chi connectivity index (χ3n) is 7.40. The zero-order chi connectivity index (χ0) is 24.5. The summed E-state index contributed by atoms with van der Waals surface area (Å²) in [6.07, 6.45) is 1.06. The van der Waals surface area contributed by atoms with Crippen molar-refractivity contribution in [2.45, 2.75) is 30.8 Å². The fourth-order valence-corrected chi connectivity index (χ4v) is 5.85. The molecule has 180 valence electrons. The van der Waals surface area contributed by atoms with E-state index in [0.29, 0.717) is 35.5 Å². The molecule has 1 saturated carbocycles. The molecule has 0 bridgehead atoms. The molecule has 0 saturated heterocycles. The van der Waals surface area contributed by atoms with Crippen LogP contribution in [0.1, 0.15) is 34.1 Å². The molecular weight excluding hydrogens is 444 g/mol. The monoisotopic (exact) mass is 472 g/mol. The van der Waals surface area contributed by atoms with Gasteiger partial charge < -0.3 is 19.3 Å². The number of carboxylic acids is 1. The Balaban J connectivity index is 1.53. The maximum absolute atomic E-state index is 13.8. The first-order valence-electron chi connectivity index (χ1n) is 11.8. The number of rotatable bonds is 7. The number of benzene rings is 3. The molecule has 0 aromatic heterocycles. The van der Waals surface area contributed by atoms with Crippen LogP contribution in [0.4, 0.5) is 0 Å². The summed E-state index contributed by atoms with van der Waals surface area (Å²) in [7, 11) is 3.10. The molecule has 3 aromatic carbocycles. The van der Waals surface area contributed by atoms with Crippen molar-refractivity contribution < 1.29 is 28.9 Å². The number of carbonyl (C=O) groups is 2. The van der Waals surface area contributed by atoms with Gasteiger partial charge in [-0.15, -0.1) is 0 Å². The fourth-order valence-electron chi connectivity index (χ4n) is 5.85. The van der Waals surface area contributed by atoms with Crippen molar-refractivity contribution in [3.8, 4) is 11.5 Å². The highest BCUT2D eigenvalue weighted by atomic mass is 16.5. The van der Waals surface area contributed by atoms with E-state index in [0.717, 1.165) is 0 Å². The molecule has 2 aliphatic rings. The Bertz CT molecular complexity index is 1170. The van der Waals surface area contributed by atoms with Gasteiger partial charge in [0.25, 0.3) is 0 Å². The lowest BCUT2D eigenvalue weighted by Crippen LogP contribution is -2.52. The van der Waals surface area contributed by atoms with E-state index in [-0.39, 0.29) is 12.1 Å². The number of esters is 1. The van der Waals surface area contributed by atoms with E-state index in [2.05, 4.69) is 12.1 Å². The molecule has 0 aliphatic heterocycles. The lowest BCUT2D eigenvalue weighted by Gasteiger charge is -2.49. The van der Waals surface area contributed by atoms with Crippen LogP contribution in [-0.4, -0.2) is 37.4 Å². The maximum Gasteiger partial charge on any atom is 0.310 e. The number of methoxy groups -OCH3 is 2. The Morgan fingerprint density at radius 3 is 1.63 bits per heavy atom. The topological polar surface area (TPSA) is 82.1 Å². The van der Waals surface area contributed by atoms with Crippen molar-refractivity contribution in [1.82, 2.24) is 0 Å². The molecule has 0 radical (unpaired) electrons. The highest BCUT2D eigenvalue weighted by molar-refractivity contribution is 5.85. The molecule has 0 heterocycles. The number of fused-ring (bicyclic) bond motifs is 1. The Morgan fingerprint density at radius 2 is 1.17 bits per heavy atom. The summed E-state index contributed by atoms with van der Waals surface area (Å²) in [6.45, 7) is 0. The van der Waals surface area contributed by atoms with E-state index >= 15 is 0 Å². The minimum absolute atomic E-state index is 0.264. The van der Waals surface area contributed by atoms with E-state index in [9.17, 15) is 14.7 Å². The number of para-hydroxylation sites is 2. The van der Waals surface area contributed by atoms with Gasteiger partial charge in [-0.05, 0) is 34.4 Å². The van der Waals surface area contributed by atoms with Crippen LogP contribution < -0.4 is 9.47 Å². The molecule has 0 amide bonds. The van der Waals surface area contributed by atoms with E-state index < -0.39 is 29.6 Å². The van der Waals surface area contributed by atoms with E-state index in [1.807, 2.05) is 48.5 Å². The first kappa shape index (κ1) is 23.0. The number of hydrogen-bond acceptors (Lipinski definition) is 5. The SMILES string of the molecule is COc1ccccc1C1C(C(=O)O)[C@H](c2ccccc2OC)C1C(=O)OC1Cc2ccccc2C1. The smallest absolute Gasteiger partial charge is 0.310 e. The molecule has 3 aromatic rings. The molecule has 4 atom stereocenters. The number of ether oxygens (including phenoxy) is 3. The van der Waals surface area contributed by atoms with Crippen molar-refractivity contribution in [2.75, 3.05) is 14.2 Å². The number of carbonyl (C=O) groups excluding carboxylic acids is 1. The van der Waals surface area contributed by atoms with Crippen molar-refractivity contribution in [1.29, 1.82) is 0 Å². The van der Waals surface area contributed by atoms with Crippen LogP contribution in [0.3, 0.4) is 0 Å². The summed E-state index contributed by atoms with van der Waals surface area (Å²) in [4.78, 5) is 26.3. The lowest BCUT2D eigenvalue weighted by atomic mass is 9.52. The molecule has 1 fully saturated rings. The zero-order valence-corrected chi connectivity index (χ0v) is 19.7. The van der Waals surface area contributed by atoms with Crippen LogP contribution in [-0.2, 0) is 27.2 Å². The second-order valence-corrected chi connectivity index (χ2v) is 9.16. The largest absolute Gasteiger partial charge is 0.496 e. The van der Waals surface area contributed by atoms with Crippen LogP contribution in [0, 0.1) is 11.8 Å². The number of aliphatic carboxylic acids is 1. The van der Waals surface area contributed by atoms with E-state index in [4.69, 9.17) is 14.2 Å². The Kier molecular flexibility index (Phi) is 6.20. The van der Waals surface area contributed by atoms with Gasteiger partial charge >= 0.3 is 11.9 Å². The molecule has 6 heteroatoms. The Hall–Kier alpha value is -3.80. The molecule has 3 unspecified atom stereocenters. The van der Waals surface area contributed by atoms with Gasteiger partial charge in [0, 0.05) is 24.7 Å². The average molecular weight is 473 g/mol. The highest BCUT2D eigenvalue weighted by Gasteiger charge is 2.60. The van der Waals surface area contributed by atoms with Crippen molar-refractivity contribution in [3.63, 3.8) is 0 Å². The predicted molar refractivity (Wildman–Crippen MR) is 130 cm³/mol. The summed E-state index contributed by atoms with van der Waals surface area (Å²) in [5.74, 6) is -2.92. The van der Waals surface area contributed by atoms with Gasteiger partial charge in [-0.2, -0.15) is 0 Å². The van der Waals surface area contributed by atoms with E-state index in [1.165, 1.54) is 11.1 Å². The minimum atomic E-state index is -0.964. The molecule has 0 spiro atoms. The summed E-state index contributed by atoms with van der Waals surface area (Å²) < 4.78 is 17.2. The molecule has 5 rings (SSSR count). The van der Waals surface area contributed by atoms with Crippen LogP contribution >= 0.6 is 0 Å². The third kappa shape index (κ3) is 4.03. The molecule has 6 nitrogen and oxygen atoms in total. The molecule has 2 aliphatic carbocycles.